The van der Waals surface area contributed by atoms with Crippen LogP contribution in [0, 0.1) is 0 Å². The van der Waals surface area contributed by atoms with E-state index in [1.807, 2.05) is 70.4 Å². The summed E-state index contributed by atoms with van der Waals surface area (Å²) in [6, 6.07) is 13.7. The number of imidazole rings is 1. The number of fused-ring (bicyclic) bond motifs is 2. The van der Waals surface area contributed by atoms with Crippen LogP contribution in [0.25, 0.3) is 16.8 Å². The first-order chi connectivity index (χ1) is 17.2. The van der Waals surface area contributed by atoms with Crippen LogP contribution in [0.1, 0.15) is 21.6 Å². The summed E-state index contributed by atoms with van der Waals surface area (Å²) in [6.07, 6.45) is 3.19. The summed E-state index contributed by atoms with van der Waals surface area (Å²) >= 11 is 0. The predicted molar refractivity (Wildman–Crippen MR) is 124 cm³/mol. The van der Waals surface area contributed by atoms with Crippen LogP contribution in [0.2, 0.25) is 0 Å². The number of pyridine rings is 2. The number of halogens is 3. The van der Waals surface area contributed by atoms with Crippen LogP contribution in [-0.2, 0) is 17.8 Å². The van der Waals surface area contributed by atoms with Crippen LogP contribution in [0.5, 0.6) is 5.75 Å². The third-order valence-electron chi connectivity index (χ3n) is 5.61. The zero-order valence-electron chi connectivity index (χ0n) is 19.1. The van der Waals surface area contributed by atoms with Crippen LogP contribution in [-0.4, -0.2) is 56.1 Å². The topological polar surface area (TPSA) is 97.0 Å². The first kappa shape index (κ1) is 24.7. The van der Waals surface area contributed by atoms with Crippen molar-refractivity contribution < 1.29 is 32.6 Å². The maximum absolute atomic E-state index is 13.2. The number of benzene rings is 1. The number of aromatic nitrogens is 3. The molecule has 0 radical (unpaired) electrons. The van der Waals surface area contributed by atoms with Crippen molar-refractivity contribution in [2.24, 2.45) is 0 Å². The smallest absolute Gasteiger partial charge is 0.490 e. The normalized spacial score (nSPS) is 12.8. The van der Waals surface area contributed by atoms with Crippen molar-refractivity contribution in [1.29, 1.82) is 0 Å². The molecule has 0 spiro atoms. The minimum Gasteiger partial charge on any atom is -0.496 e. The molecule has 186 valence electrons. The lowest BCUT2D eigenvalue weighted by Gasteiger charge is -2.14. The van der Waals surface area contributed by atoms with Gasteiger partial charge in [0.15, 0.2) is 0 Å². The van der Waals surface area contributed by atoms with Crippen molar-refractivity contribution in [3.05, 3.63) is 84.1 Å². The number of hydrogen-bond acceptors (Lipinski definition) is 5. The number of carboxylic acid groups (broad SMARTS) is 1. The number of rotatable bonds is 5. The fourth-order valence-electron chi connectivity index (χ4n) is 3.95. The molecule has 0 saturated heterocycles. The Kier molecular flexibility index (Phi) is 6.91. The van der Waals surface area contributed by atoms with Crippen molar-refractivity contribution in [2.75, 3.05) is 13.7 Å². The Bertz CT molecular complexity index is 1370. The van der Waals surface area contributed by atoms with Gasteiger partial charge in [0, 0.05) is 49.9 Å². The molecule has 5 rings (SSSR count). The zero-order valence-corrected chi connectivity index (χ0v) is 19.1. The molecule has 36 heavy (non-hydrogen) atoms. The summed E-state index contributed by atoms with van der Waals surface area (Å²) in [4.78, 5) is 32.8. The van der Waals surface area contributed by atoms with Gasteiger partial charge in [-0.15, -0.1) is 0 Å². The predicted octanol–water partition coefficient (Wildman–Crippen LogP) is 4.24. The molecule has 1 aromatic carbocycles. The number of carbonyl (C=O) groups excluding carboxylic acids is 1. The summed E-state index contributed by atoms with van der Waals surface area (Å²) in [5, 5.41) is 7.12. The molecule has 0 aliphatic carbocycles. The summed E-state index contributed by atoms with van der Waals surface area (Å²) in [5.41, 5.74) is 5.57. The number of carbonyl (C=O) groups is 2. The number of alkyl halides is 3. The van der Waals surface area contributed by atoms with Gasteiger partial charge in [-0.2, -0.15) is 13.2 Å². The Morgan fingerprint density at radius 1 is 1.17 bits per heavy atom. The zero-order chi connectivity index (χ0) is 25.9. The van der Waals surface area contributed by atoms with E-state index in [0.29, 0.717) is 30.8 Å². The van der Waals surface area contributed by atoms with E-state index in [4.69, 9.17) is 14.6 Å². The molecule has 1 amide bonds. The van der Waals surface area contributed by atoms with Crippen molar-refractivity contribution in [3.8, 4) is 16.9 Å². The van der Waals surface area contributed by atoms with E-state index in [-0.39, 0.29) is 5.91 Å². The SMILES string of the molecule is COc1ccc(-c2cccnc2)c2c1C(=O)N(CCc1cn3ccccc3n1)C2.O=C(O)C(F)(F)F. The lowest BCUT2D eigenvalue weighted by atomic mass is 9.97. The van der Waals surface area contributed by atoms with E-state index in [2.05, 4.69) is 9.97 Å². The highest BCUT2D eigenvalue weighted by molar-refractivity contribution is 6.03. The van der Waals surface area contributed by atoms with E-state index in [1.54, 1.807) is 13.3 Å². The number of carboxylic acids is 1. The van der Waals surface area contributed by atoms with Gasteiger partial charge in [0.25, 0.3) is 5.91 Å². The fraction of sp³-hybridized carbons (Fsp3) is 0.200. The monoisotopic (exact) mass is 498 g/mol. The minimum absolute atomic E-state index is 0.00588. The summed E-state index contributed by atoms with van der Waals surface area (Å²) in [6.45, 7) is 1.16. The van der Waals surface area contributed by atoms with Crippen molar-refractivity contribution in [2.45, 2.75) is 19.1 Å². The van der Waals surface area contributed by atoms with Crippen molar-refractivity contribution in [3.63, 3.8) is 0 Å². The molecule has 1 N–H and O–H groups in total. The standard InChI is InChI=1S/C23H20N4O2.C2HF3O2/c1-29-20-8-7-18(16-5-4-10-24-13-16)19-15-27(23(28)22(19)20)12-9-17-14-26-11-3-2-6-21(26)25-17;3-2(4,5)1(6)7/h2-8,10-11,13-14H,9,12,15H2,1H3;(H,6,7). The molecular formula is C25H21F3N4O4. The maximum atomic E-state index is 13.2. The van der Waals surface area contributed by atoms with Gasteiger partial charge in [-0.25, -0.2) is 9.78 Å². The Labute approximate surface area is 203 Å². The second-order valence-electron chi connectivity index (χ2n) is 7.89. The highest BCUT2D eigenvalue weighted by Gasteiger charge is 2.38. The molecule has 1 aliphatic heterocycles. The number of aliphatic carboxylic acids is 1. The van der Waals surface area contributed by atoms with E-state index in [1.165, 1.54) is 0 Å². The summed E-state index contributed by atoms with van der Waals surface area (Å²) in [5.74, 6) is -2.13. The average Bonchev–Trinajstić information content (AvgIpc) is 3.43. The lowest BCUT2D eigenvalue weighted by molar-refractivity contribution is -0.192. The van der Waals surface area contributed by atoms with Gasteiger partial charge < -0.3 is 19.1 Å². The average molecular weight is 498 g/mol. The van der Waals surface area contributed by atoms with Crippen LogP contribution in [0.3, 0.4) is 0 Å². The first-order valence-electron chi connectivity index (χ1n) is 10.8. The Hall–Kier alpha value is -4.41. The number of amides is 1. The number of ether oxygens (including phenoxy) is 1. The molecular weight excluding hydrogens is 477 g/mol. The third-order valence-corrected chi connectivity index (χ3v) is 5.61. The Balaban J connectivity index is 0.000000384. The molecule has 3 aromatic heterocycles. The molecule has 8 nitrogen and oxygen atoms in total. The maximum Gasteiger partial charge on any atom is 0.490 e. The molecule has 1 aliphatic rings. The van der Waals surface area contributed by atoms with Gasteiger partial charge in [-0.3, -0.25) is 9.78 Å². The van der Waals surface area contributed by atoms with Gasteiger partial charge in [0.2, 0.25) is 0 Å². The van der Waals surface area contributed by atoms with Gasteiger partial charge >= 0.3 is 12.1 Å². The van der Waals surface area contributed by atoms with Crippen molar-refractivity contribution >= 4 is 17.5 Å². The van der Waals surface area contributed by atoms with E-state index in [0.717, 1.165) is 28.0 Å². The molecule has 0 saturated carbocycles. The number of nitrogens with zero attached hydrogens (tertiary/aromatic N) is 4. The second-order valence-corrected chi connectivity index (χ2v) is 7.89. The van der Waals surface area contributed by atoms with Gasteiger partial charge in [0.1, 0.15) is 11.4 Å². The number of hydrogen-bond donors (Lipinski definition) is 1. The van der Waals surface area contributed by atoms with Crippen LogP contribution < -0.4 is 4.74 Å². The lowest BCUT2D eigenvalue weighted by Crippen LogP contribution is -2.26. The van der Waals surface area contributed by atoms with E-state index in [9.17, 15) is 18.0 Å². The quantitative estimate of drug-likeness (QED) is 0.442. The minimum atomic E-state index is -5.08. The molecule has 0 atom stereocenters. The molecule has 4 aromatic rings. The van der Waals surface area contributed by atoms with Gasteiger partial charge in [-0.05, 0) is 35.4 Å². The highest BCUT2D eigenvalue weighted by atomic mass is 19.4. The molecule has 0 fully saturated rings. The molecule has 0 bridgehead atoms. The largest absolute Gasteiger partial charge is 0.496 e. The first-order valence-corrected chi connectivity index (χ1v) is 10.8. The third kappa shape index (κ3) is 5.14. The van der Waals surface area contributed by atoms with E-state index >= 15 is 0 Å². The fourth-order valence-corrected chi connectivity index (χ4v) is 3.95. The molecule has 11 heteroatoms. The van der Waals surface area contributed by atoms with E-state index < -0.39 is 12.1 Å². The second kappa shape index (κ2) is 10.1. The van der Waals surface area contributed by atoms with Crippen molar-refractivity contribution in [1.82, 2.24) is 19.3 Å². The van der Waals surface area contributed by atoms with Gasteiger partial charge in [-0.1, -0.05) is 18.2 Å². The molecule has 0 unspecified atom stereocenters. The van der Waals surface area contributed by atoms with Crippen LogP contribution >= 0.6 is 0 Å². The summed E-state index contributed by atoms with van der Waals surface area (Å²) < 4.78 is 39.2. The number of methoxy groups -OCH3 is 1. The Morgan fingerprint density at radius 3 is 2.58 bits per heavy atom. The van der Waals surface area contributed by atoms with Crippen LogP contribution in [0.4, 0.5) is 13.2 Å². The highest BCUT2D eigenvalue weighted by Crippen LogP contribution is 2.37. The Morgan fingerprint density at radius 2 is 1.94 bits per heavy atom. The van der Waals surface area contributed by atoms with Gasteiger partial charge in [0.05, 0.1) is 18.4 Å². The molecule has 4 heterocycles. The summed E-state index contributed by atoms with van der Waals surface area (Å²) in [7, 11) is 1.60. The van der Waals surface area contributed by atoms with Crippen LogP contribution in [0.15, 0.2) is 67.3 Å².